The van der Waals surface area contributed by atoms with Gasteiger partial charge in [0.1, 0.15) is 4.83 Å². The number of aromatic nitrogens is 2. The van der Waals surface area contributed by atoms with E-state index in [0.717, 1.165) is 41.6 Å². The number of hydrogen-bond acceptors (Lipinski definition) is 7. The number of amides is 1. The first-order chi connectivity index (χ1) is 17.9. The molecule has 1 aliphatic carbocycles. The predicted octanol–water partition coefficient (Wildman–Crippen LogP) is 5.18. The summed E-state index contributed by atoms with van der Waals surface area (Å²) in [5, 5.41) is 1.78. The van der Waals surface area contributed by atoms with Crippen LogP contribution < -0.4 is 5.56 Å². The highest BCUT2D eigenvalue weighted by molar-refractivity contribution is 7.99. The van der Waals surface area contributed by atoms with Crippen LogP contribution in [-0.4, -0.2) is 51.8 Å². The molecule has 2 aromatic heterocycles. The van der Waals surface area contributed by atoms with Gasteiger partial charge in [0, 0.05) is 23.0 Å². The molecule has 3 heterocycles. The van der Waals surface area contributed by atoms with Crippen LogP contribution in [0.3, 0.4) is 0 Å². The summed E-state index contributed by atoms with van der Waals surface area (Å²) in [5.74, 6) is -0.198. The van der Waals surface area contributed by atoms with E-state index in [2.05, 4.69) is 0 Å². The zero-order valence-corrected chi connectivity index (χ0v) is 23.4. The van der Waals surface area contributed by atoms with E-state index in [0.29, 0.717) is 53.8 Å². The number of halogens is 1. The fraction of sp³-hybridized carbons (Fsp3) is 0.481. The number of esters is 1. The first-order valence-corrected chi connectivity index (χ1v) is 15.0. The summed E-state index contributed by atoms with van der Waals surface area (Å²) in [5.41, 5.74) is 2.52. The second-order valence-electron chi connectivity index (χ2n) is 9.51. The summed E-state index contributed by atoms with van der Waals surface area (Å²) in [6.45, 7) is 5.10. The van der Waals surface area contributed by atoms with Crippen LogP contribution in [0.15, 0.2) is 28.2 Å². The number of fused-ring (bicyclic) bond motifs is 3. The highest BCUT2D eigenvalue weighted by Gasteiger charge is 2.29. The van der Waals surface area contributed by atoms with Crippen LogP contribution in [0.2, 0.25) is 5.02 Å². The van der Waals surface area contributed by atoms with Gasteiger partial charge in [0.15, 0.2) is 5.16 Å². The van der Waals surface area contributed by atoms with Gasteiger partial charge in [-0.25, -0.2) is 4.98 Å². The van der Waals surface area contributed by atoms with Gasteiger partial charge in [-0.3, -0.25) is 19.0 Å². The largest absolute Gasteiger partial charge is 0.466 e. The van der Waals surface area contributed by atoms with Crippen LogP contribution in [0.4, 0.5) is 0 Å². The van der Waals surface area contributed by atoms with Crippen LogP contribution in [0.1, 0.15) is 48.6 Å². The van der Waals surface area contributed by atoms with Gasteiger partial charge in [-0.2, -0.15) is 0 Å². The Hall–Kier alpha value is -2.36. The molecule has 0 atom stereocenters. The molecule has 196 valence electrons. The zero-order valence-electron chi connectivity index (χ0n) is 21.0. The minimum absolute atomic E-state index is 0.0264. The van der Waals surface area contributed by atoms with Crippen molar-refractivity contribution in [1.29, 1.82) is 0 Å². The SMILES string of the molecule is CCOC(=O)C1CCN(C(=O)CSc2nc3sc4c(c3c(=O)n2-c2cccc(Cl)c2C)CCCC4)CC1. The second-order valence-corrected chi connectivity index (χ2v) is 11.9. The van der Waals surface area contributed by atoms with Crippen LogP contribution in [0.5, 0.6) is 0 Å². The molecule has 1 fully saturated rings. The van der Waals surface area contributed by atoms with Gasteiger partial charge in [-0.1, -0.05) is 29.4 Å². The number of piperidine rings is 1. The predicted molar refractivity (Wildman–Crippen MR) is 148 cm³/mol. The normalized spacial score (nSPS) is 16.1. The van der Waals surface area contributed by atoms with Crippen LogP contribution in [-0.2, 0) is 27.2 Å². The van der Waals surface area contributed by atoms with Crippen molar-refractivity contribution < 1.29 is 14.3 Å². The van der Waals surface area contributed by atoms with E-state index in [1.54, 1.807) is 33.8 Å². The quantitative estimate of drug-likeness (QED) is 0.235. The van der Waals surface area contributed by atoms with Crippen molar-refractivity contribution >= 4 is 56.8 Å². The molecule has 0 spiro atoms. The highest BCUT2D eigenvalue weighted by atomic mass is 35.5. The number of aryl methyl sites for hydroxylation is 2. The highest BCUT2D eigenvalue weighted by Crippen LogP contribution is 2.36. The number of carbonyl (C=O) groups is 2. The Kier molecular flexibility index (Phi) is 7.93. The Labute approximate surface area is 229 Å². The van der Waals surface area contributed by atoms with E-state index in [4.69, 9.17) is 21.3 Å². The van der Waals surface area contributed by atoms with Crippen LogP contribution in [0.25, 0.3) is 15.9 Å². The third-order valence-corrected chi connectivity index (χ3v) is 9.75. The maximum Gasteiger partial charge on any atom is 0.309 e. The summed E-state index contributed by atoms with van der Waals surface area (Å²) >= 11 is 9.32. The average molecular weight is 560 g/mol. The van der Waals surface area contributed by atoms with Crippen molar-refractivity contribution in [2.75, 3.05) is 25.4 Å². The number of nitrogens with zero attached hydrogens (tertiary/aromatic N) is 3. The smallest absolute Gasteiger partial charge is 0.309 e. The number of carbonyl (C=O) groups excluding carboxylic acids is 2. The van der Waals surface area contributed by atoms with E-state index >= 15 is 0 Å². The van der Waals surface area contributed by atoms with Crippen molar-refractivity contribution in [2.24, 2.45) is 5.92 Å². The van der Waals surface area contributed by atoms with E-state index in [1.807, 2.05) is 19.1 Å². The standard InChI is InChI=1S/C27H30ClN3O4S2/c1-3-35-26(34)17-11-13-30(14-12-17)22(32)15-36-27-29-24-23(18-7-4-5-10-21(18)37-24)25(33)31(27)20-9-6-8-19(28)16(20)2/h6,8-9,17H,3-5,7,10-15H2,1-2H3. The van der Waals surface area contributed by atoms with Crippen LogP contribution in [0, 0.1) is 12.8 Å². The van der Waals surface area contributed by atoms with E-state index < -0.39 is 0 Å². The molecule has 0 unspecified atom stereocenters. The Morgan fingerprint density at radius 2 is 1.97 bits per heavy atom. The second kappa shape index (κ2) is 11.2. The van der Waals surface area contributed by atoms with E-state index in [-0.39, 0.29) is 29.1 Å². The lowest BCUT2D eigenvalue weighted by Gasteiger charge is -2.30. The number of hydrogen-bond donors (Lipinski definition) is 0. The van der Waals surface area contributed by atoms with Crippen LogP contribution >= 0.6 is 34.7 Å². The van der Waals surface area contributed by atoms with E-state index in [1.165, 1.54) is 16.6 Å². The van der Waals surface area contributed by atoms with Gasteiger partial charge in [0.25, 0.3) is 5.56 Å². The summed E-state index contributed by atoms with van der Waals surface area (Å²) in [6, 6.07) is 5.51. The van der Waals surface area contributed by atoms with Crippen molar-refractivity contribution in [1.82, 2.24) is 14.5 Å². The third-order valence-electron chi connectivity index (χ3n) is 7.23. The molecule has 2 aliphatic rings. The van der Waals surface area contributed by atoms with Gasteiger partial charge in [-0.15, -0.1) is 11.3 Å². The lowest BCUT2D eigenvalue weighted by molar-refractivity contribution is -0.151. The maximum atomic E-state index is 14.0. The number of ether oxygens (including phenoxy) is 1. The molecule has 37 heavy (non-hydrogen) atoms. The fourth-order valence-corrected chi connectivity index (χ4v) is 7.56. The summed E-state index contributed by atoms with van der Waals surface area (Å²) in [4.78, 5) is 47.8. The topological polar surface area (TPSA) is 81.5 Å². The molecule has 1 aliphatic heterocycles. The molecule has 10 heteroatoms. The van der Waals surface area contributed by atoms with Gasteiger partial charge in [0.05, 0.1) is 29.4 Å². The lowest BCUT2D eigenvalue weighted by atomic mass is 9.97. The first-order valence-electron chi connectivity index (χ1n) is 12.8. The molecular weight excluding hydrogens is 530 g/mol. The fourth-order valence-electron chi connectivity index (χ4n) is 5.18. The lowest BCUT2D eigenvalue weighted by Crippen LogP contribution is -2.41. The molecule has 0 radical (unpaired) electrons. The molecular formula is C27H30ClN3O4S2. The number of benzene rings is 1. The third kappa shape index (κ3) is 5.18. The summed E-state index contributed by atoms with van der Waals surface area (Å²) in [6.07, 6.45) is 5.29. The number of thioether (sulfide) groups is 1. The molecule has 3 aromatic rings. The average Bonchev–Trinajstić information content (AvgIpc) is 3.28. The molecule has 0 bridgehead atoms. The van der Waals surface area contributed by atoms with Gasteiger partial charge in [-0.05, 0) is 75.6 Å². The molecule has 0 N–H and O–H groups in total. The Balaban J connectivity index is 1.44. The van der Waals surface area contributed by atoms with E-state index in [9.17, 15) is 14.4 Å². The molecule has 7 nitrogen and oxygen atoms in total. The van der Waals surface area contributed by atoms with Crippen molar-refractivity contribution in [3.05, 3.63) is 49.6 Å². The summed E-state index contributed by atoms with van der Waals surface area (Å²) < 4.78 is 6.77. The molecule has 0 saturated carbocycles. The minimum atomic E-state index is -0.180. The van der Waals surface area contributed by atoms with Gasteiger partial charge in [0.2, 0.25) is 5.91 Å². The van der Waals surface area contributed by atoms with Crippen molar-refractivity contribution in [3.63, 3.8) is 0 Å². The minimum Gasteiger partial charge on any atom is -0.466 e. The maximum absolute atomic E-state index is 14.0. The Morgan fingerprint density at radius 3 is 2.73 bits per heavy atom. The molecule has 5 rings (SSSR count). The van der Waals surface area contributed by atoms with Crippen molar-refractivity contribution in [2.45, 2.75) is 57.5 Å². The summed E-state index contributed by atoms with van der Waals surface area (Å²) in [7, 11) is 0. The first kappa shape index (κ1) is 26.3. The number of rotatable bonds is 6. The van der Waals surface area contributed by atoms with Crippen molar-refractivity contribution in [3.8, 4) is 5.69 Å². The van der Waals surface area contributed by atoms with Gasteiger partial charge < -0.3 is 9.64 Å². The molecule has 1 aromatic carbocycles. The Bertz CT molecular complexity index is 1410. The number of likely N-dealkylation sites (tertiary alicyclic amines) is 1. The Morgan fingerprint density at radius 1 is 1.22 bits per heavy atom. The molecule has 1 amide bonds. The molecule has 1 saturated heterocycles. The zero-order chi connectivity index (χ0) is 26.1. The number of thiophene rings is 1. The van der Waals surface area contributed by atoms with Gasteiger partial charge >= 0.3 is 5.97 Å². The monoisotopic (exact) mass is 559 g/mol.